The number of anilines is 1. The number of nitrogens with zero attached hydrogens (tertiary/aromatic N) is 2. The van der Waals surface area contributed by atoms with Crippen molar-refractivity contribution in [1.82, 2.24) is 9.97 Å². The molecule has 0 aromatic carbocycles. The molecule has 0 fully saturated rings. The second kappa shape index (κ2) is 4.67. The van der Waals surface area contributed by atoms with Gasteiger partial charge in [0.25, 0.3) is 0 Å². The standard InChI is InChI=1S/C10H13ClN4O2/c1-5-13-7(11)6(4-16)8(14-5)15-10(2,3)9(12)17/h4H,1-3H3,(H2,12,17)(H,13,14,15). The van der Waals surface area contributed by atoms with Crippen LogP contribution in [-0.4, -0.2) is 27.7 Å². The Labute approximate surface area is 104 Å². The number of hydrogen-bond donors (Lipinski definition) is 2. The Morgan fingerprint density at radius 1 is 1.47 bits per heavy atom. The molecule has 0 saturated heterocycles. The van der Waals surface area contributed by atoms with Gasteiger partial charge in [-0.15, -0.1) is 0 Å². The highest BCUT2D eigenvalue weighted by Gasteiger charge is 2.27. The molecule has 0 spiro atoms. The summed E-state index contributed by atoms with van der Waals surface area (Å²) in [4.78, 5) is 30.0. The minimum absolute atomic E-state index is 0.0373. The van der Waals surface area contributed by atoms with Crippen LogP contribution in [0, 0.1) is 6.92 Å². The first-order valence-corrected chi connectivity index (χ1v) is 5.23. The lowest BCUT2D eigenvalue weighted by Gasteiger charge is -2.23. The maximum Gasteiger partial charge on any atom is 0.242 e. The Bertz CT molecular complexity index is 474. The second-order valence-corrected chi connectivity index (χ2v) is 4.41. The molecule has 1 aromatic heterocycles. The van der Waals surface area contributed by atoms with Crippen LogP contribution in [0.1, 0.15) is 30.0 Å². The molecule has 1 aromatic rings. The van der Waals surface area contributed by atoms with E-state index < -0.39 is 11.4 Å². The lowest BCUT2D eigenvalue weighted by Crippen LogP contribution is -2.45. The number of hydrogen-bond acceptors (Lipinski definition) is 5. The summed E-state index contributed by atoms with van der Waals surface area (Å²) in [6, 6.07) is 0. The number of halogens is 1. The number of rotatable bonds is 4. The molecule has 0 saturated carbocycles. The molecule has 1 amide bonds. The molecule has 0 aliphatic heterocycles. The first-order chi connectivity index (χ1) is 7.77. The fourth-order valence-electron chi connectivity index (χ4n) is 1.10. The average Bonchev–Trinajstić information content (AvgIpc) is 2.15. The normalized spacial score (nSPS) is 11.1. The molecule has 7 heteroatoms. The van der Waals surface area contributed by atoms with E-state index >= 15 is 0 Å². The van der Waals surface area contributed by atoms with Gasteiger partial charge >= 0.3 is 0 Å². The lowest BCUT2D eigenvalue weighted by atomic mass is 10.1. The maximum absolute atomic E-state index is 11.2. The number of primary amides is 1. The zero-order chi connectivity index (χ0) is 13.2. The second-order valence-electron chi connectivity index (χ2n) is 4.06. The van der Waals surface area contributed by atoms with Crippen molar-refractivity contribution in [2.75, 3.05) is 5.32 Å². The Hall–Kier alpha value is -1.69. The third-order valence-electron chi connectivity index (χ3n) is 2.18. The van der Waals surface area contributed by atoms with Gasteiger partial charge in [0.15, 0.2) is 6.29 Å². The van der Waals surface area contributed by atoms with Gasteiger partial charge in [-0.2, -0.15) is 0 Å². The van der Waals surface area contributed by atoms with Crippen LogP contribution in [0.3, 0.4) is 0 Å². The molecule has 1 rings (SSSR count). The van der Waals surface area contributed by atoms with Crippen LogP contribution in [0.2, 0.25) is 5.15 Å². The molecule has 0 atom stereocenters. The van der Waals surface area contributed by atoms with Crippen LogP contribution in [0.15, 0.2) is 0 Å². The van der Waals surface area contributed by atoms with Crippen LogP contribution in [0.5, 0.6) is 0 Å². The number of amides is 1. The van der Waals surface area contributed by atoms with Gasteiger partial charge in [-0.1, -0.05) is 11.6 Å². The van der Waals surface area contributed by atoms with E-state index in [9.17, 15) is 9.59 Å². The highest BCUT2D eigenvalue weighted by atomic mass is 35.5. The van der Waals surface area contributed by atoms with Gasteiger partial charge in [0.1, 0.15) is 22.3 Å². The molecule has 92 valence electrons. The third-order valence-corrected chi connectivity index (χ3v) is 2.46. The minimum Gasteiger partial charge on any atom is -0.368 e. The van der Waals surface area contributed by atoms with Gasteiger partial charge in [-0.3, -0.25) is 9.59 Å². The third kappa shape index (κ3) is 2.91. The monoisotopic (exact) mass is 256 g/mol. The molecule has 6 nitrogen and oxygen atoms in total. The molecule has 0 bridgehead atoms. The summed E-state index contributed by atoms with van der Waals surface area (Å²) in [7, 11) is 0. The van der Waals surface area contributed by atoms with E-state index in [4.69, 9.17) is 17.3 Å². The Morgan fingerprint density at radius 3 is 2.53 bits per heavy atom. The molecule has 0 aliphatic carbocycles. The first-order valence-electron chi connectivity index (χ1n) is 4.85. The Morgan fingerprint density at radius 2 is 2.06 bits per heavy atom. The number of nitrogens with one attached hydrogen (secondary N) is 1. The molecule has 3 N–H and O–H groups in total. The van der Waals surface area contributed by atoms with Crippen molar-refractivity contribution in [3.05, 3.63) is 16.5 Å². The molecule has 0 radical (unpaired) electrons. The summed E-state index contributed by atoms with van der Waals surface area (Å²) in [5.41, 5.74) is 4.28. The lowest BCUT2D eigenvalue weighted by molar-refractivity contribution is -0.121. The topological polar surface area (TPSA) is 98.0 Å². The van der Waals surface area contributed by atoms with E-state index in [1.807, 2.05) is 0 Å². The molecular formula is C10H13ClN4O2. The van der Waals surface area contributed by atoms with Crippen LogP contribution >= 0.6 is 11.6 Å². The molecular weight excluding hydrogens is 244 g/mol. The van der Waals surface area contributed by atoms with Crippen molar-refractivity contribution >= 4 is 29.6 Å². The van der Waals surface area contributed by atoms with E-state index in [-0.39, 0.29) is 16.5 Å². The summed E-state index contributed by atoms with van der Waals surface area (Å²) in [6.45, 7) is 4.79. The van der Waals surface area contributed by atoms with Gasteiger partial charge < -0.3 is 11.1 Å². The average molecular weight is 257 g/mol. The molecule has 0 aliphatic rings. The number of carbonyl (C=O) groups excluding carboxylic acids is 2. The zero-order valence-corrected chi connectivity index (χ0v) is 10.5. The van der Waals surface area contributed by atoms with Crippen LogP contribution in [0.4, 0.5) is 5.82 Å². The van der Waals surface area contributed by atoms with Gasteiger partial charge in [-0.25, -0.2) is 9.97 Å². The molecule has 17 heavy (non-hydrogen) atoms. The van der Waals surface area contributed by atoms with Gasteiger partial charge in [0, 0.05) is 0 Å². The minimum atomic E-state index is -1.04. The zero-order valence-electron chi connectivity index (χ0n) is 9.74. The van der Waals surface area contributed by atoms with Crippen molar-refractivity contribution in [2.24, 2.45) is 5.73 Å². The number of aryl methyl sites for hydroxylation is 1. The summed E-state index contributed by atoms with van der Waals surface area (Å²) < 4.78 is 0. The smallest absolute Gasteiger partial charge is 0.242 e. The summed E-state index contributed by atoms with van der Waals surface area (Å²) in [5, 5.41) is 2.81. The van der Waals surface area contributed by atoms with Crippen molar-refractivity contribution < 1.29 is 9.59 Å². The van der Waals surface area contributed by atoms with Crippen LogP contribution in [-0.2, 0) is 4.79 Å². The largest absolute Gasteiger partial charge is 0.368 e. The Balaban J connectivity index is 3.22. The van der Waals surface area contributed by atoms with Gasteiger partial charge in [-0.05, 0) is 20.8 Å². The Kier molecular flexibility index (Phi) is 3.67. The van der Waals surface area contributed by atoms with Crippen LogP contribution in [0.25, 0.3) is 0 Å². The first kappa shape index (κ1) is 13.4. The van der Waals surface area contributed by atoms with Crippen molar-refractivity contribution in [3.8, 4) is 0 Å². The predicted molar refractivity (Wildman–Crippen MR) is 64.1 cm³/mol. The fourth-order valence-corrected chi connectivity index (χ4v) is 1.36. The van der Waals surface area contributed by atoms with Crippen molar-refractivity contribution in [1.29, 1.82) is 0 Å². The summed E-state index contributed by atoms with van der Waals surface area (Å²) >= 11 is 5.80. The number of aldehydes is 1. The number of carbonyl (C=O) groups is 2. The predicted octanol–water partition coefficient (Wildman–Crippen LogP) is 0.927. The van der Waals surface area contributed by atoms with E-state index in [1.165, 1.54) is 0 Å². The SMILES string of the molecule is Cc1nc(Cl)c(C=O)c(NC(C)(C)C(N)=O)n1. The summed E-state index contributed by atoms with van der Waals surface area (Å²) in [5.74, 6) is 0.0198. The molecule has 0 unspecified atom stereocenters. The number of nitrogens with two attached hydrogens (primary N) is 1. The number of aromatic nitrogens is 2. The van der Waals surface area contributed by atoms with E-state index in [0.717, 1.165) is 0 Å². The van der Waals surface area contributed by atoms with E-state index in [1.54, 1.807) is 20.8 Å². The summed E-state index contributed by atoms with van der Waals surface area (Å²) in [6.07, 6.45) is 0.529. The highest BCUT2D eigenvalue weighted by molar-refractivity contribution is 6.32. The van der Waals surface area contributed by atoms with Gasteiger partial charge in [0.2, 0.25) is 5.91 Å². The highest BCUT2D eigenvalue weighted by Crippen LogP contribution is 2.22. The quantitative estimate of drug-likeness (QED) is 0.617. The van der Waals surface area contributed by atoms with E-state index in [0.29, 0.717) is 12.1 Å². The van der Waals surface area contributed by atoms with Gasteiger partial charge in [0.05, 0.1) is 5.56 Å². The fraction of sp³-hybridized carbons (Fsp3) is 0.400. The van der Waals surface area contributed by atoms with Crippen LogP contribution < -0.4 is 11.1 Å². The van der Waals surface area contributed by atoms with Crippen molar-refractivity contribution in [2.45, 2.75) is 26.3 Å². The van der Waals surface area contributed by atoms with Crippen molar-refractivity contribution in [3.63, 3.8) is 0 Å². The van der Waals surface area contributed by atoms with E-state index in [2.05, 4.69) is 15.3 Å². The molecule has 1 heterocycles. The maximum atomic E-state index is 11.2.